The SMILES string of the molecule is O=C1c2oc3ccc(F)cc3c(=O)c2[C@@H](c2cccc(Cl)c2)N1CCO. The largest absolute Gasteiger partial charge is 0.450 e. The van der Waals surface area contributed by atoms with Crippen LogP contribution in [0.3, 0.4) is 0 Å². The van der Waals surface area contributed by atoms with Crippen molar-refractivity contribution in [2.75, 3.05) is 13.2 Å². The van der Waals surface area contributed by atoms with Crippen LogP contribution in [0.15, 0.2) is 51.7 Å². The van der Waals surface area contributed by atoms with Crippen LogP contribution in [0.5, 0.6) is 0 Å². The van der Waals surface area contributed by atoms with Crippen LogP contribution in [0.25, 0.3) is 11.0 Å². The molecule has 1 amide bonds. The lowest BCUT2D eigenvalue weighted by Crippen LogP contribution is -2.32. The Labute approximate surface area is 152 Å². The summed E-state index contributed by atoms with van der Waals surface area (Å²) in [6.45, 7) is -0.260. The van der Waals surface area contributed by atoms with Crippen molar-refractivity contribution in [2.24, 2.45) is 0 Å². The maximum absolute atomic E-state index is 13.6. The van der Waals surface area contributed by atoms with Crippen LogP contribution in [0.4, 0.5) is 4.39 Å². The average Bonchev–Trinajstić information content (AvgIpc) is 2.89. The summed E-state index contributed by atoms with van der Waals surface area (Å²) in [6, 6.07) is 9.59. The van der Waals surface area contributed by atoms with Crippen molar-refractivity contribution in [3.05, 3.63) is 80.4 Å². The number of fused-ring (bicyclic) bond motifs is 2. The van der Waals surface area contributed by atoms with Gasteiger partial charge in [0.25, 0.3) is 5.91 Å². The number of aliphatic hydroxyl groups excluding tert-OH is 1. The minimum atomic E-state index is -0.757. The molecule has 1 N–H and O–H groups in total. The van der Waals surface area contributed by atoms with E-state index in [1.807, 2.05) is 0 Å². The first-order valence-electron chi connectivity index (χ1n) is 7.95. The molecule has 0 radical (unpaired) electrons. The van der Waals surface area contributed by atoms with Gasteiger partial charge >= 0.3 is 0 Å². The van der Waals surface area contributed by atoms with Gasteiger partial charge in [-0.25, -0.2) is 4.39 Å². The molecule has 4 rings (SSSR count). The summed E-state index contributed by atoms with van der Waals surface area (Å²) in [5.41, 5.74) is 0.406. The van der Waals surface area contributed by atoms with Crippen molar-refractivity contribution in [1.82, 2.24) is 4.90 Å². The van der Waals surface area contributed by atoms with Gasteiger partial charge in [0.1, 0.15) is 11.4 Å². The van der Waals surface area contributed by atoms with E-state index in [9.17, 15) is 19.1 Å². The number of halogens is 2. The summed E-state index contributed by atoms with van der Waals surface area (Å²) < 4.78 is 19.2. The lowest BCUT2D eigenvalue weighted by atomic mass is 9.98. The number of carbonyl (C=O) groups is 1. The predicted molar refractivity (Wildman–Crippen MR) is 93.9 cm³/mol. The molecule has 7 heteroatoms. The first kappa shape index (κ1) is 16.8. The van der Waals surface area contributed by atoms with Gasteiger partial charge in [-0.05, 0) is 35.9 Å². The number of nitrogens with zero attached hydrogens (tertiary/aromatic N) is 1. The molecule has 0 bridgehead atoms. The third kappa shape index (κ3) is 2.50. The van der Waals surface area contributed by atoms with E-state index in [0.717, 1.165) is 12.1 Å². The molecule has 0 aliphatic carbocycles. The molecule has 1 aromatic heterocycles. The highest BCUT2D eigenvalue weighted by Crippen LogP contribution is 2.38. The topological polar surface area (TPSA) is 70.8 Å². The van der Waals surface area contributed by atoms with Crippen molar-refractivity contribution < 1.29 is 18.7 Å². The molecule has 5 nitrogen and oxygen atoms in total. The number of rotatable bonds is 3. The van der Waals surface area contributed by atoms with Crippen LogP contribution in [0, 0.1) is 5.82 Å². The fraction of sp³-hybridized carbons (Fsp3) is 0.158. The van der Waals surface area contributed by atoms with Crippen LogP contribution < -0.4 is 5.43 Å². The van der Waals surface area contributed by atoms with E-state index >= 15 is 0 Å². The second-order valence-corrected chi connectivity index (χ2v) is 6.43. The smallest absolute Gasteiger partial charge is 0.290 e. The monoisotopic (exact) mass is 373 g/mol. The van der Waals surface area contributed by atoms with Gasteiger partial charge in [0.05, 0.1) is 23.6 Å². The third-order valence-electron chi connectivity index (χ3n) is 4.43. The van der Waals surface area contributed by atoms with E-state index in [1.165, 1.54) is 11.0 Å². The summed E-state index contributed by atoms with van der Waals surface area (Å²) in [7, 11) is 0. The summed E-state index contributed by atoms with van der Waals surface area (Å²) in [5, 5.41) is 9.87. The fourth-order valence-electron chi connectivity index (χ4n) is 3.35. The highest BCUT2D eigenvalue weighted by atomic mass is 35.5. The zero-order valence-electron chi connectivity index (χ0n) is 13.4. The summed E-state index contributed by atoms with van der Waals surface area (Å²) in [5.74, 6) is -1.16. The molecule has 0 fully saturated rings. The minimum absolute atomic E-state index is 0.0182. The van der Waals surface area contributed by atoms with Gasteiger partial charge in [-0.2, -0.15) is 0 Å². The zero-order valence-corrected chi connectivity index (χ0v) is 14.2. The molecule has 0 unspecified atom stereocenters. The van der Waals surface area contributed by atoms with Gasteiger partial charge in [0.15, 0.2) is 5.43 Å². The maximum atomic E-state index is 13.6. The molecule has 2 heterocycles. The minimum Gasteiger partial charge on any atom is -0.450 e. The maximum Gasteiger partial charge on any atom is 0.290 e. The van der Waals surface area contributed by atoms with Crippen molar-refractivity contribution in [3.63, 3.8) is 0 Å². The number of benzene rings is 2. The Hall–Kier alpha value is -2.70. The number of amides is 1. The number of carbonyl (C=O) groups excluding carboxylic acids is 1. The Balaban J connectivity index is 2.03. The van der Waals surface area contributed by atoms with Crippen molar-refractivity contribution in [1.29, 1.82) is 0 Å². The second kappa shape index (κ2) is 6.23. The van der Waals surface area contributed by atoms with Crippen molar-refractivity contribution >= 4 is 28.5 Å². The molecule has 132 valence electrons. The molecule has 26 heavy (non-hydrogen) atoms. The van der Waals surface area contributed by atoms with Crippen molar-refractivity contribution in [2.45, 2.75) is 6.04 Å². The molecule has 0 saturated heterocycles. The number of aliphatic hydroxyl groups is 1. The average molecular weight is 374 g/mol. The standard InChI is InChI=1S/C19H13ClFNO4/c20-11-3-1-2-10(8-11)16-15-17(24)13-9-12(21)4-5-14(13)26-18(15)19(25)22(16)6-7-23/h1-5,8-9,16,23H,6-7H2/t16-/m1/s1. The Bertz CT molecular complexity index is 1090. The molecular formula is C19H13ClFNO4. The molecule has 1 atom stereocenters. The van der Waals surface area contributed by atoms with Crippen molar-refractivity contribution in [3.8, 4) is 0 Å². The predicted octanol–water partition coefficient (Wildman–Crippen LogP) is 3.12. The number of β-amino-alcohol motifs (C(OH)–C–C–N with tert-alkyl or cyclic N) is 1. The van der Waals surface area contributed by atoms with Crippen LogP contribution in [0.2, 0.25) is 5.02 Å². The summed E-state index contributed by atoms with van der Waals surface area (Å²) >= 11 is 6.06. The van der Waals surface area contributed by atoms with E-state index in [-0.39, 0.29) is 35.4 Å². The van der Waals surface area contributed by atoms with Gasteiger partial charge in [-0.1, -0.05) is 23.7 Å². The summed E-state index contributed by atoms with van der Waals surface area (Å²) in [6.07, 6.45) is 0. The van der Waals surface area contributed by atoms with Crippen LogP contribution in [-0.4, -0.2) is 29.1 Å². The molecule has 1 aliphatic rings. The first-order valence-corrected chi connectivity index (χ1v) is 8.32. The van der Waals surface area contributed by atoms with Gasteiger partial charge < -0.3 is 14.4 Å². The van der Waals surface area contributed by atoms with Crippen LogP contribution in [-0.2, 0) is 0 Å². The Morgan fingerprint density at radius 2 is 2.00 bits per heavy atom. The van der Waals surface area contributed by atoms with Gasteiger partial charge in [0.2, 0.25) is 5.76 Å². The van der Waals surface area contributed by atoms with E-state index < -0.39 is 23.2 Å². The first-order chi connectivity index (χ1) is 12.5. The lowest BCUT2D eigenvalue weighted by molar-refractivity contribution is 0.0691. The molecule has 3 aromatic rings. The fourth-order valence-corrected chi connectivity index (χ4v) is 3.55. The zero-order chi connectivity index (χ0) is 18.4. The highest BCUT2D eigenvalue weighted by Gasteiger charge is 2.42. The third-order valence-corrected chi connectivity index (χ3v) is 4.67. The molecule has 0 saturated carbocycles. The van der Waals surface area contributed by atoms with E-state index in [1.54, 1.807) is 24.3 Å². The van der Waals surface area contributed by atoms with Gasteiger partial charge in [-0.15, -0.1) is 0 Å². The molecule has 0 spiro atoms. The molecular weight excluding hydrogens is 361 g/mol. The molecule has 2 aromatic carbocycles. The number of hydrogen-bond donors (Lipinski definition) is 1. The van der Waals surface area contributed by atoms with E-state index in [4.69, 9.17) is 16.0 Å². The van der Waals surface area contributed by atoms with Gasteiger partial charge in [0, 0.05) is 11.6 Å². The van der Waals surface area contributed by atoms with Crippen LogP contribution in [0.1, 0.15) is 27.7 Å². The highest BCUT2D eigenvalue weighted by molar-refractivity contribution is 6.30. The summed E-state index contributed by atoms with van der Waals surface area (Å²) in [4.78, 5) is 27.2. The second-order valence-electron chi connectivity index (χ2n) is 5.99. The van der Waals surface area contributed by atoms with Gasteiger partial charge in [-0.3, -0.25) is 9.59 Å². The lowest BCUT2D eigenvalue weighted by Gasteiger charge is -2.24. The normalized spacial score (nSPS) is 16.3. The van der Waals surface area contributed by atoms with E-state index in [2.05, 4.69) is 0 Å². The number of hydrogen-bond acceptors (Lipinski definition) is 4. The quantitative estimate of drug-likeness (QED) is 0.765. The molecule has 1 aliphatic heterocycles. The Morgan fingerprint density at radius 1 is 1.19 bits per heavy atom. The Kier molecular flexibility index (Phi) is 4.01. The van der Waals surface area contributed by atoms with E-state index in [0.29, 0.717) is 10.6 Å². The Morgan fingerprint density at radius 3 is 2.73 bits per heavy atom. The van der Waals surface area contributed by atoms with Crippen LogP contribution >= 0.6 is 11.6 Å².